The molecule has 0 saturated carbocycles. The molecule has 0 amide bonds. The van der Waals surface area contributed by atoms with Crippen molar-refractivity contribution in [2.45, 2.75) is 46.8 Å². The smallest absolute Gasteiger partial charge is 0.191 e. The summed E-state index contributed by atoms with van der Waals surface area (Å²) in [6.45, 7) is 15.0. The number of hydrogen-bond donors (Lipinski definition) is 2. The molecule has 2 rings (SSSR count). The Morgan fingerprint density at radius 2 is 2.00 bits per heavy atom. The van der Waals surface area contributed by atoms with Crippen molar-refractivity contribution in [3.05, 3.63) is 29.3 Å². The highest BCUT2D eigenvalue weighted by Crippen LogP contribution is 2.22. The molecular formula is C22H38N4O2. The van der Waals surface area contributed by atoms with Crippen LogP contribution in [0.5, 0.6) is 5.75 Å². The third-order valence-corrected chi connectivity index (χ3v) is 5.09. The summed E-state index contributed by atoms with van der Waals surface area (Å²) in [6.07, 6.45) is 1.20. The summed E-state index contributed by atoms with van der Waals surface area (Å²) in [5, 5.41) is 6.87. The van der Waals surface area contributed by atoms with Gasteiger partial charge < -0.3 is 20.1 Å². The summed E-state index contributed by atoms with van der Waals surface area (Å²) in [7, 11) is 1.81. The minimum Gasteiger partial charge on any atom is -0.490 e. The van der Waals surface area contributed by atoms with Gasteiger partial charge in [0.1, 0.15) is 5.75 Å². The van der Waals surface area contributed by atoms with E-state index >= 15 is 0 Å². The molecule has 0 radical (unpaired) electrons. The fourth-order valence-electron chi connectivity index (χ4n) is 3.18. The van der Waals surface area contributed by atoms with Crippen molar-refractivity contribution in [2.24, 2.45) is 10.9 Å². The predicted octanol–water partition coefficient (Wildman–Crippen LogP) is 2.81. The lowest BCUT2D eigenvalue weighted by Gasteiger charge is -2.29. The number of benzene rings is 1. The molecule has 158 valence electrons. The van der Waals surface area contributed by atoms with E-state index in [1.807, 2.05) is 7.05 Å². The van der Waals surface area contributed by atoms with Gasteiger partial charge in [-0.25, -0.2) is 0 Å². The van der Waals surface area contributed by atoms with Gasteiger partial charge in [0.05, 0.1) is 19.3 Å². The van der Waals surface area contributed by atoms with Crippen molar-refractivity contribution in [1.29, 1.82) is 0 Å². The Bertz CT molecular complexity index is 615. The number of nitrogens with zero attached hydrogens (tertiary/aromatic N) is 2. The third-order valence-electron chi connectivity index (χ3n) is 5.09. The topological polar surface area (TPSA) is 58.1 Å². The number of guanidine groups is 1. The average molecular weight is 391 g/mol. The lowest BCUT2D eigenvalue weighted by atomic mass is 10.1. The van der Waals surface area contributed by atoms with E-state index in [0.717, 1.165) is 63.1 Å². The second-order valence-corrected chi connectivity index (χ2v) is 7.77. The van der Waals surface area contributed by atoms with Gasteiger partial charge in [-0.05, 0) is 37.8 Å². The van der Waals surface area contributed by atoms with Gasteiger partial charge in [-0.3, -0.25) is 9.89 Å². The molecule has 2 atom stereocenters. The van der Waals surface area contributed by atoms with Crippen molar-refractivity contribution in [3.63, 3.8) is 0 Å². The minimum absolute atomic E-state index is 0.207. The fraction of sp³-hybridized carbons (Fsp3) is 0.682. The van der Waals surface area contributed by atoms with Crippen LogP contribution in [0.15, 0.2) is 23.2 Å². The van der Waals surface area contributed by atoms with Crippen LogP contribution in [-0.4, -0.2) is 63.4 Å². The molecule has 0 aromatic heterocycles. The molecule has 0 bridgehead atoms. The van der Waals surface area contributed by atoms with E-state index in [2.05, 4.69) is 66.4 Å². The van der Waals surface area contributed by atoms with Crippen LogP contribution in [0, 0.1) is 12.8 Å². The van der Waals surface area contributed by atoms with Crippen LogP contribution in [-0.2, 0) is 11.3 Å². The first-order chi connectivity index (χ1) is 13.5. The SMILES string of the molecule is CCC(C)Oc1cc(C)ccc1CNC(=NC)NCC(C)CN1CCOCC1. The maximum atomic E-state index is 6.11. The second kappa shape index (κ2) is 11.9. The molecule has 1 saturated heterocycles. The zero-order chi connectivity index (χ0) is 20.4. The van der Waals surface area contributed by atoms with Gasteiger partial charge in [0.2, 0.25) is 0 Å². The molecule has 2 N–H and O–H groups in total. The Morgan fingerprint density at radius 1 is 1.25 bits per heavy atom. The van der Waals surface area contributed by atoms with Crippen molar-refractivity contribution in [1.82, 2.24) is 15.5 Å². The summed E-state index contributed by atoms with van der Waals surface area (Å²) in [5.41, 5.74) is 2.36. The highest BCUT2D eigenvalue weighted by atomic mass is 16.5. The van der Waals surface area contributed by atoms with Crippen LogP contribution in [0.2, 0.25) is 0 Å². The van der Waals surface area contributed by atoms with Crippen LogP contribution in [0.4, 0.5) is 0 Å². The number of nitrogens with one attached hydrogen (secondary N) is 2. The average Bonchev–Trinajstić information content (AvgIpc) is 2.70. The van der Waals surface area contributed by atoms with Crippen LogP contribution in [0.25, 0.3) is 0 Å². The molecule has 28 heavy (non-hydrogen) atoms. The van der Waals surface area contributed by atoms with Crippen LogP contribution < -0.4 is 15.4 Å². The van der Waals surface area contributed by atoms with Gasteiger partial charge in [0.25, 0.3) is 0 Å². The Hall–Kier alpha value is -1.79. The molecule has 0 aliphatic carbocycles. The number of rotatable bonds is 9. The summed E-state index contributed by atoms with van der Waals surface area (Å²) in [4.78, 5) is 6.84. The summed E-state index contributed by atoms with van der Waals surface area (Å²) >= 11 is 0. The molecule has 1 aliphatic heterocycles. The van der Waals surface area contributed by atoms with Gasteiger partial charge >= 0.3 is 0 Å². The van der Waals surface area contributed by atoms with Crippen molar-refractivity contribution in [2.75, 3.05) is 46.4 Å². The highest BCUT2D eigenvalue weighted by molar-refractivity contribution is 5.79. The molecule has 2 unspecified atom stereocenters. The van der Waals surface area contributed by atoms with Gasteiger partial charge in [0, 0.05) is 45.3 Å². The quantitative estimate of drug-likeness (QED) is 0.502. The van der Waals surface area contributed by atoms with Gasteiger partial charge in [-0.15, -0.1) is 0 Å². The third kappa shape index (κ3) is 7.68. The summed E-state index contributed by atoms with van der Waals surface area (Å²) in [5.74, 6) is 2.32. The van der Waals surface area contributed by atoms with Gasteiger partial charge in [-0.1, -0.05) is 26.0 Å². The van der Waals surface area contributed by atoms with E-state index in [1.165, 1.54) is 5.56 Å². The largest absolute Gasteiger partial charge is 0.490 e. The fourth-order valence-corrected chi connectivity index (χ4v) is 3.18. The number of aryl methyl sites for hydroxylation is 1. The maximum absolute atomic E-state index is 6.11. The Morgan fingerprint density at radius 3 is 2.68 bits per heavy atom. The van der Waals surface area contributed by atoms with E-state index in [1.54, 1.807) is 0 Å². The number of ether oxygens (including phenoxy) is 2. The molecule has 1 fully saturated rings. The highest BCUT2D eigenvalue weighted by Gasteiger charge is 2.14. The zero-order valence-electron chi connectivity index (χ0n) is 18.3. The maximum Gasteiger partial charge on any atom is 0.191 e. The molecule has 0 spiro atoms. The van der Waals surface area contributed by atoms with Gasteiger partial charge in [-0.2, -0.15) is 0 Å². The first-order valence-corrected chi connectivity index (χ1v) is 10.5. The predicted molar refractivity (Wildman–Crippen MR) is 116 cm³/mol. The monoisotopic (exact) mass is 390 g/mol. The Kier molecular flexibility index (Phi) is 9.58. The van der Waals surface area contributed by atoms with Crippen molar-refractivity contribution in [3.8, 4) is 5.75 Å². The number of hydrogen-bond acceptors (Lipinski definition) is 4. The number of morpholine rings is 1. The second-order valence-electron chi connectivity index (χ2n) is 7.77. The van der Waals surface area contributed by atoms with Crippen LogP contribution >= 0.6 is 0 Å². The Balaban J connectivity index is 1.83. The summed E-state index contributed by atoms with van der Waals surface area (Å²) in [6, 6.07) is 6.37. The Labute approximate surface area is 170 Å². The molecule has 6 nitrogen and oxygen atoms in total. The lowest BCUT2D eigenvalue weighted by Crippen LogP contribution is -2.43. The van der Waals surface area contributed by atoms with Gasteiger partial charge in [0.15, 0.2) is 5.96 Å². The van der Waals surface area contributed by atoms with Crippen molar-refractivity contribution < 1.29 is 9.47 Å². The van der Waals surface area contributed by atoms with E-state index in [9.17, 15) is 0 Å². The lowest BCUT2D eigenvalue weighted by molar-refractivity contribution is 0.0320. The first kappa shape index (κ1) is 22.5. The molecule has 6 heteroatoms. The zero-order valence-corrected chi connectivity index (χ0v) is 18.3. The van der Waals surface area contributed by atoms with Crippen LogP contribution in [0.3, 0.4) is 0 Å². The standard InChI is InChI=1S/C22H38N4O2/c1-6-19(4)28-21-13-17(2)7-8-20(21)15-25-22(23-5)24-14-18(3)16-26-9-11-27-12-10-26/h7-8,13,18-19H,6,9-12,14-16H2,1-5H3,(H2,23,24,25). The van der Waals surface area contributed by atoms with Crippen molar-refractivity contribution >= 4 is 5.96 Å². The normalized spacial score (nSPS) is 17.8. The molecule has 1 heterocycles. The first-order valence-electron chi connectivity index (χ1n) is 10.5. The van der Waals surface area contributed by atoms with E-state index in [0.29, 0.717) is 12.5 Å². The van der Waals surface area contributed by atoms with E-state index in [4.69, 9.17) is 9.47 Å². The molecule has 1 aromatic carbocycles. The van der Waals surface area contributed by atoms with E-state index in [-0.39, 0.29) is 6.10 Å². The molecular weight excluding hydrogens is 352 g/mol. The number of aliphatic imine (C=N–C) groups is 1. The minimum atomic E-state index is 0.207. The van der Waals surface area contributed by atoms with Crippen LogP contribution in [0.1, 0.15) is 38.3 Å². The molecule has 1 aromatic rings. The molecule has 1 aliphatic rings. The van der Waals surface area contributed by atoms with E-state index < -0.39 is 0 Å². The summed E-state index contributed by atoms with van der Waals surface area (Å²) < 4.78 is 11.5.